The standard InChI is InChI=1S/C14H14N2O.C14H13NO.4C2H6.ClH.H3NO/c1-11-5-4-6-12(9-11)14(16-17)10-13-7-2-3-8-15-13;1-11-5-4-6-12(9-11)14(16)10-13-7-2-3-8-15-13;4*1-2;;1-2/h2-9,17H,10H2,1H3;2-9H,10H2,1H3;4*1-2H3;1H;2H,1H2. The van der Waals surface area contributed by atoms with Crippen molar-refractivity contribution in [3.05, 3.63) is 131 Å². The third-order valence-corrected chi connectivity index (χ3v) is 4.95. The van der Waals surface area contributed by atoms with Crippen LogP contribution >= 0.6 is 12.4 Å². The molecule has 0 bridgehead atoms. The van der Waals surface area contributed by atoms with Crippen LogP contribution in [-0.4, -0.2) is 31.9 Å². The minimum Gasteiger partial charge on any atom is -0.411 e. The summed E-state index contributed by atoms with van der Waals surface area (Å²) in [4.78, 5) is 20.3. The van der Waals surface area contributed by atoms with Gasteiger partial charge in [0.25, 0.3) is 0 Å². The van der Waals surface area contributed by atoms with E-state index in [0.29, 0.717) is 18.6 Å². The fourth-order valence-electron chi connectivity index (χ4n) is 3.28. The number of pyridine rings is 2. The number of aromatic nitrogens is 2. The Morgan fingerprint density at radius 1 is 0.636 bits per heavy atom. The van der Waals surface area contributed by atoms with E-state index in [9.17, 15) is 4.79 Å². The molecule has 44 heavy (non-hydrogen) atoms. The molecular weight excluding hydrogens is 572 g/mol. The van der Waals surface area contributed by atoms with E-state index in [2.05, 4.69) is 21.0 Å². The Hall–Kier alpha value is -3.91. The number of hydrogen-bond acceptors (Lipinski definition) is 7. The van der Waals surface area contributed by atoms with Crippen LogP contribution in [0.25, 0.3) is 0 Å². The second-order valence-electron chi connectivity index (χ2n) is 7.70. The molecule has 0 amide bonds. The van der Waals surface area contributed by atoms with Crippen LogP contribution in [-0.2, 0) is 12.8 Å². The predicted octanol–water partition coefficient (Wildman–Crippen LogP) is 9.49. The minimum absolute atomic E-state index is 0. The highest BCUT2D eigenvalue weighted by atomic mass is 35.5. The number of aryl methyl sites for hydroxylation is 2. The average molecular weight is 627 g/mol. The van der Waals surface area contributed by atoms with Crippen LogP contribution in [0, 0.1) is 13.8 Å². The van der Waals surface area contributed by atoms with Gasteiger partial charge in [-0.3, -0.25) is 14.8 Å². The van der Waals surface area contributed by atoms with E-state index < -0.39 is 0 Å². The quantitative estimate of drug-likeness (QED) is 0.0848. The van der Waals surface area contributed by atoms with Gasteiger partial charge in [-0.1, -0.05) is 126 Å². The fraction of sp³-hybridized carbons (Fsp3) is 0.333. The Balaban J connectivity index is -0.000000279. The zero-order valence-electron chi connectivity index (χ0n) is 28.3. The second-order valence-corrected chi connectivity index (χ2v) is 7.70. The molecule has 0 saturated heterocycles. The number of carbonyl (C=O) groups is 1. The van der Waals surface area contributed by atoms with Gasteiger partial charge in [0, 0.05) is 35.8 Å². The van der Waals surface area contributed by atoms with Crippen molar-refractivity contribution in [3.63, 3.8) is 0 Å². The molecule has 0 aliphatic carbocycles. The van der Waals surface area contributed by atoms with E-state index in [0.717, 1.165) is 33.6 Å². The van der Waals surface area contributed by atoms with Crippen LogP contribution in [0.1, 0.15) is 93.8 Å². The molecule has 8 heteroatoms. The monoisotopic (exact) mass is 626 g/mol. The highest BCUT2D eigenvalue weighted by Crippen LogP contribution is 2.10. The number of oxime groups is 1. The number of benzene rings is 2. The summed E-state index contributed by atoms with van der Waals surface area (Å²) in [6, 6.07) is 26.9. The first kappa shape index (κ1) is 47.0. The van der Waals surface area contributed by atoms with Gasteiger partial charge < -0.3 is 10.4 Å². The number of nitrogens with two attached hydrogens (primary N) is 1. The molecular formula is C36H55ClN4O3. The summed E-state index contributed by atoms with van der Waals surface area (Å²) in [5.74, 6) is 3.61. The van der Waals surface area contributed by atoms with Crippen molar-refractivity contribution in [2.45, 2.75) is 82.1 Å². The van der Waals surface area contributed by atoms with Gasteiger partial charge in [0.05, 0.1) is 12.1 Å². The van der Waals surface area contributed by atoms with Crippen molar-refractivity contribution in [1.29, 1.82) is 0 Å². The highest BCUT2D eigenvalue weighted by Gasteiger charge is 2.08. The first-order valence-corrected chi connectivity index (χ1v) is 15.0. The molecule has 0 aliphatic rings. The van der Waals surface area contributed by atoms with Crippen LogP contribution in [0.4, 0.5) is 0 Å². The minimum atomic E-state index is 0. The molecule has 0 spiro atoms. The van der Waals surface area contributed by atoms with Crippen LogP contribution < -0.4 is 5.90 Å². The van der Waals surface area contributed by atoms with Gasteiger partial charge in [-0.25, -0.2) is 5.90 Å². The number of ketones is 1. The first-order valence-electron chi connectivity index (χ1n) is 15.0. The maximum Gasteiger partial charge on any atom is 0.168 e. The summed E-state index contributed by atoms with van der Waals surface area (Å²) in [6.07, 6.45) is 4.34. The van der Waals surface area contributed by atoms with Crippen LogP contribution in [0.15, 0.2) is 102 Å². The molecule has 0 radical (unpaired) electrons. The maximum atomic E-state index is 11.9. The van der Waals surface area contributed by atoms with Gasteiger partial charge in [0.15, 0.2) is 5.78 Å². The molecule has 0 atom stereocenters. The molecule has 2 aromatic heterocycles. The van der Waals surface area contributed by atoms with Crippen LogP contribution in [0.5, 0.6) is 0 Å². The zero-order chi connectivity index (χ0) is 33.5. The molecule has 2 heterocycles. The molecule has 4 rings (SSSR count). The van der Waals surface area contributed by atoms with E-state index in [1.807, 2.05) is 154 Å². The normalized spacial score (nSPS) is 8.77. The summed E-state index contributed by atoms with van der Waals surface area (Å²) in [5, 5.41) is 19.0. The summed E-state index contributed by atoms with van der Waals surface area (Å²) in [6.45, 7) is 20.0. The number of carbonyl (C=O) groups excluding carboxylic acids is 1. The predicted molar refractivity (Wildman–Crippen MR) is 190 cm³/mol. The van der Waals surface area contributed by atoms with E-state index in [-0.39, 0.29) is 18.2 Å². The smallest absolute Gasteiger partial charge is 0.168 e. The average Bonchev–Trinajstić information content (AvgIpc) is 3.09. The Labute approximate surface area is 272 Å². The third kappa shape index (κ3) is 20.9. The topological polar surface area (TPSA) is 122 Å². The maximum absolute atomic E-state index is 11.9. The molecule has 0 unspecified atom stereocenters. The highest BCUT2D eigenvalue weighted by molar-refractivity contribution is 6.01. The van der Waals surface area contributed by atoms with E-state index in [1.165, 1.54) is 0 Å². The van der Waals surface area contributed by atoms with Crippen LogP contribution in [0.2, 0.25) is 0 Å². The van der Waals surface area contributed by atoms with E-state index >= 15 is 0 Å². The molecule has 2 aromatic carbocycles. The van der Waals surface area contributed by atoms with Crippen molar-refractivity contribution in [1.82, 2.24) is 9.97 Å². The number of rotatable bonds is 6. The number of nitrogens with zero attached hydrogens (tertiary/aromatic N) is 3. The van der Waals surface area contributed by atoms with Gasteiger partial charge in [0.2, 0.25) is 0 Å². The molecule has 7 nitrogen and oxygen atoms in total. The van der Waals surface area contributed by atoms with Gasteiger partial charge in [-0.05, 0) is 49.7 Å². The Bertz CT molecular complexity index is 1220. The van der Waals surface area contributed by atoms with Gasteiger partial charge in [-0.15, -0.1) is 12.4 Å². The summed E-state index contributed by atoms with van der Waals surface area (Å²) in [5.41, 5.74) is 6.27. The Morgan fingerprint density at radius 3 is 1.43 bits per heavy atom. The Kier molecular flexibility index (Phi) is 35.9. The van der Waals surface area contributed by atoms with Gasteiger partial charge >= 0.3 is 0 Å². The lowest BCUT2D eigenvalue weighted by Gasteiger charge is -2.05. The fourth-order valence-corrected chi connectivity index (χ4v) is 3.28. The van der Waals surface area contributed by atoms with Gasteiger partial charge in [0.1, 0.15) is 0 Å². The van der Waals surface area contributed by atoms with Crippen molar-refractivity contribution in [3.8, 4) is 0 Å². The molecule has 0 fully saturated rings. The first-order chi connectivity index (χ1) is 21.0. The van der Waals surface area contributed by atoms with Crippen LogP contribution in [0.3, 0.4) is 0 Å². The number of halogens is 1. The summed E-state index contributed by atoms with van der Waals surface area (Å²) < 4.78 is 0. The van der Waals surface area contributed by atoms with Crippen molar-refractivity contribution >= 4 is 23.9 Å². The SMILES string of the molecule is CC.CC.CC.CC.Cc1cccc(C(=O)Cc2ccccn2)c1.Cc1cccc(C(Cc2ccccn2)=NO)c1.Cl.NO. The molecule has 244 valence electrons. The van der Waals surface area contributed by atoms with Gasteiger partial charge in [-0.2, -0.15) is 0 Å². The van der Waals surface area contributed by atoms with E-state index in [4.69, 9.17) is 10.4 Å². The van der Waals surface area contributed by atoms with Crippen molar-refractivity contribution in [2.24, 2.45) is 11.1 Å². The van der Waals surface area contributed by atoms with Crippen molar-refractivity contribution < 1.29 is 15.2 Å². The zero-order valence-corrected chi connectivity index (χ0v) is 29.1. The molecule has 4 N–H and O–H groups in total. The van der Waals surface area contributed by atoms with Crippen molar-refractivity contribution in [2.75, 3.05) is 0 Å². The lowest BCUT2D eigenvalue weighted by molar-refractivity contribution is 0.0992. The lowest BCUT2D eigenvalue weighted by Crippen LogP contribution is -2.06. The largest absolute Gasteiger partial charge is 0.411 e. The van der Waals surface area contributed by atoms with E-state index in [1.54, 1.807) is 12.4 Å². The number of Topliss-reactive ketones (excluding diaryl/α,β-unsaturated/α-hetero) is 1. The molecule has 4 aromatic rings. The molecule has 0 aliphatic heterocycles. The summed E-state index contributed by atoms with van der Waals surface area (Å²) >= 11 is 0. The second kappa shape index (κ2) is 33.6. The third-order valence-electron chi connectivity index (χ3n) is 4.95. The lowest BCUT2D eigenvalue weighted by atomic mass is 10.0. The molecule has 0 saturated carbocycles. The number of hydrogen-bond donors (Lipinski definition) is 3. The Morgan fingerprint density at radius 2 is 1.05 bits per heavy atom. The summed E-state index contributed by atoms with van der Waals surface area (Å²) in [7, 11) is 0.